The van der Waals surface area contributed by atoms with Gasteiger partial charge in [-0.25, -0.2) is 4.98 Å². The van der Waals surface area contributed by atoms with Crippen molar-refractivity contribution in [3.63, 3.8) is 0 Å². The molecule has 2 N–H and O–H groups in total. The number of rotatable bonds is 7. The predicted octanol–water partition coefficient (Wildman–Crippen LogP) is 6.10. The van der Waals surface area contributed by atoms with Gasteiger partial charge < -0.3 is 10.6 Å². The summed E-state index contributed by atoms with van der Waals surface area (Å²) >= 11 is 10.3. The number of amides is 1. The average Bonchev–Trinajstić information content (AvgIpc) is 3.38. The zero-order chi connectivity index (χ0) is 20.9. The normalized spacial score (nSPS) is 10.7. The van der Waals surface area contributed by atoms with E-state index in [1.807, 2.05) is 60.8 Å². The molecule has 0 aliphatic rings. The van der Waals surface area contributed by atoms with Crippen LogP contribution in [-0.2, 0) is 4.79 Å². The van der Waals surface area contributed by atoms with Crippen LogP contribution in [0.2, 0.25) is 5.02 Å². The Bertz CT molecular complexity index is 1160. The molecule has 10 heteroatoms. The molecule has 0 aliphatic heterocycles. The second kappa shape index (κ2) is 9.57. The van der Waals surface area contributed by atoms with E-state index in [0.717, 1.165) is 21.3 Å². The van der Waals surface area contributed by atoms with Crippen molar-refractivity contribution in [1.82, 2.24) is 15.2 Å². The Morgan fingerprint density at radius 3 is 2.70 bits per heavy atom. The van der Waals surface area contributed by atoms with Crippen LogP contribution in [0.3, 0.4) is 0 Å². The first-order valence-corrected chi connectivity index (χ1v) is 11.9. The van der Waals surface area contributed by atoms with Crippen LogP contribution < -0.4 is 10.6 Å². The SMILES string of the molecule is Cc1ccc(Nc2nnc(SCC(=O)Nc3nc(-c4ccccc4Cl)cs3)s2)cc1. The van der Waals surface area contributed by atoms with E-state index in [1.165, 1.54) is 40.0 Å². The molecule has 2 heterocycles. The minimum Gasteiger partial charge on any atom is -0.330 e. The van der Waals surface area contributed by atoms with E-state index >= 15 is 0 Å². The zero-order valence-corrected chi connectivity index (χ0v) is 19.0. The third kappa shape index (κ3) is 5.37. The van der Waals surface area contributed by atoms with Crippen molar-refractivity contribution in [3.8, 4) is 11.3 Å². The van der Waals surface area contributed by atoms with Gasteiger partial charge in [-0.2, -0.15) is 0 Å². The Kier molecular flexibility index (Phi) is 6.63. The Balaban J connectivity index is 1.30. The minimum absolute atomic E-state index is 0.150. The number of aromatic nitrogens is 3. The molecular weight excluding hydrogens is 458 g/mol. The van der Waals surface area contributed by atoms with Gasteiger partial charge in [-0.3, -0.25) is 4.79 Å². The van der Waals surface area contributed by atoms with Crippen LogP contribution in [0.15, 0.2) is 58.3 Å². The van der Waals surface area contributed by atoms with Crippen LogP contribution in [0.4, 0.5) is 16.0 Å². The average molecular weight is 474 g/mol. The number of halogens is 1. The molecule has 0 spiro atoms. The maximum atomic E-state index is 12.3. The molecule has 0 aliphatic carbocycles. The Labute approximate surface area is 190 Å². The summed E-state index contributed by atoms with van der Waals surface area (Å²) in [6, 6.07) is 15.5. The van der Waals surface area contributed by atoms with E-state index in [0.29, 0.717) is 15.3 Å². The molecule has 0 bridgehead atoms. The summed E-state index contributed by atoms with van der Waals surface area (Å²) in [6.07, 6.45) is 0. The fourth-order valence-corrected chi connectivity index (χ4v) is 5.02. The largest absolute Gasteiger partial charge is 0.330 e. The number of anilines is 3. The summed E-state index contributed by atoms with van der Waals surface area (Å²) in [5.74, 6) is 0.0727. The molecule has 0 radical (unpaired) electrons. The van der Waals surface area contributed by atoms with Gasteiger partial charge in [0.15, 0.2) is 9.47 Å². The van der Waals surface area contributed by atoms with Crippen LogP contribution >= 0.6 is 46.0 Å². The number of benzene rings is 2. The number of thioether (sulfide) groups is 1. The third-order valence-electron chi connectivity index (χ3n) is 3.94. The third-order valence-corrected chi connectivity index (χ3v) is 7.00. The first kappa shape index (κ1) is 20.8. The molecule has 6 nitrogen and oxygen atoms in total. The van der Waals surface area contributed by atoms with Gasteiger partial charge in [0.2, 0.25) is 11.0 Å². The molecule has 1 amide bonds. The van der Waals surface area contributed by atoms with Crippen LogP contribution in [-0.4, -0.2) is 26.8 Å². The Morgan fingerprint density at radius 2 is 1.90 bits per heavy atom. The molecule has 0 saturated heterocycles. The lowest BCUT2D eigenvalue weighted by atomic mass is 10.2. The number of hydrogen-bond donors (Lipinski definition) is 2. The molecule has 0 unspecified atom stereocenters. The maximum Gasteiger partial charge on any atom is 0.236 e. The molecule has 30 heavy (non-hydrogen) atoms. The van der Waals surface area contributed by atoms with Crippen LogP contribution in [0, 0.1) is 6.92 Å². The zero-order valence-electron chi connectivity index (χ0n) is 15.8. The second-order valence-corrected chi connectivity index (χ2v) is 9.68. The van der Waals surface area contributed by atoms with Gasteiger partial charge in [-0.05, 0) is 25.1 Å². The standard InChI is InChI=1S/C20H16ClN5OS3/c1-12-6-8-13(9-7-12)22-19-25-26-20(30-19)29-11-17(27)24-18-23-16(10-28-18)14-4-2-3-5-15(14)21/h2-10H,11H2,1H3,(H,22,25)(H,23,24,27). The monoisotopic (exact) mass is 473 g/mol. The minimum atomic E-state index is -0.150. The molecule has 4 aromatic rings. The van der Waals surface area contributed by atoms with E-state index in [4.69, 9.17) is 11.6 Å². The first-order chi connectivity index (χ1) is 14.6. The summed E-state index contributed by atoms with van der Waals surface area (Å²) in [5.41, 5.74) is 3.72. The lowest BCUT2D eigenvalue weighted by molar-refractivity contribution is -0.113. The number of carbonyl (C=O) groups excluding carboxylic acids is 1. The van der Waals surface area contributed by atoms with E-state index < -0.39 is 0 Å². The summed E-state index contributed by atoms with van der Waals surface area (Å²) in [5, 5.41) is 18.0. The van der Waals surface area contributed by atoms with Crippen LogP contribution in [0.25, 0.3) is 11.3 Å². The first-order valence-electron chi connectivity index (χ1n) is 8.87. The topological polar surface area (TPSA) is 79.8 Å². The van der Waals surface area contributed by atoms with Gasteiger partial charge in [0.1, 0.15) is 0 Å². The van der Waals surface area contributed by atoms with Crippen molar-refractivity contribution in [3.05, 3.63) is 64.5 Å². The molecule has 4 rings (SSSR count). The van der Waals surface area contributed by atoms with E-state index in [9.17, 15) is 4.79 Å². The fourth-order valence-electron chi connectivity index (χ4n) is 2.49. The fraction of sp³-hybridized carbons (Fsp3) is 0.100. The molecular formula is C20H16ClN5OS3. The van der Waals surface area contributed by atoms with Gasteiger partial charge >= 0.3 is 0 Å². The van der Waals surface area contributed by atoms with Crippen LogP contribution in [0.5, 0.6) is 0 Å². The summed E-state index contributed by atoms with van der Waals surface area (Å²) in [7, 11) is 0. The van der Waals surface area contributed by atoms with Crippen molar-refractivity contribution < 1.29 is 4.79 Å². The summed E-state index contributed by atoms with van der Waals surface area (Å²) in [4.78, 5) is 16.7. The van der Waals surface area contributed by atoms with Gasteiger partial charge in [0, 0.05) is 21.7 Å². The van der Waals surface area contributed by atoms with Crippen molar-refractivity contribution in [1.29, 1.82) is 0 Å². The number of nitrogens with one attached hydrogen (secondary N) is 2. The lowest BCUT2D eigenvalue weighted by Crippen LogP contribution is -2.13. The van der Waals surface area contributed by atoms with E-state index in [2.05, 4.69) is 25.8 Å². The van der Waals surface area contributed by atoms with E-state index in [1.54, 1.807) is 0 Å². The van der Waals surface area contributed by atoms with Gasteiger partial charge in [0.05, 0.1) is 11.4 Å². The van der Waals surface area contributed by atoms with Crippen molar-refractivity contribution in [2.75, 3.05) is 16.4 Å². The summed E-state index contributed by atoms with van der Waals surface area (Å²) < 4.78 is 0.718. The number of nitrogens with zero attached hydrogens (tertiary/aromatic N) is 3. The highest BCUT2D eigenvalue weighted by atomic mass is 35.5. The van der Waals surface area contributed by atoms with Gasteiger partial charge in [-0.1, -0.05) is 70.6 Å². The highest BCUT2D eigenvalue weighted by Crippen LogP contribution is 2.31. The van der Waals surface area contributed by atoms with E-state index in [-0.39, 0.29) is 11.7 Å². The highest BCUT2D eigenvalue weighted by molar-refractivity contribution is 8.01. The quantitative estimate of drug-likeness (QED) is 0.316. The molecule has 2 aromatic carbocycles. The molecule has 0 saturated carbocycles. The number of thiazole rings is 1. The highest BCUT2D eigenvalue weighted by Gasteiger charge is 2.12. The van der Waals surface area contributed by atoms with Gasteiger partial charge in [0.25, 0.3) is 0 Å². The number of hydrogen-bond acceptors (Lipinski definition) is 8. The number of carbonyl (C=O) groups is 1. The van der Waals surface area contributed by atoms with Crippen molar-refractivity contribution in [2.45, 2.75) is 11.3 Å². The predicted molar refractivity (Wildman–Crippen MR) is 126 cm³/mol. The molecule has 152 valence electrons. The maximum absolute atomic E-state index is 12.3. The molecule has 0 atom stereocenters. The smallest absolute Gasteiger partial charge is 0.236 e. The lowest BCUT2D eigenvalue weighted by Gasteiger charge is -2.01. The van der Waals surface area contributed by atoms with Gasteiger partial charge in [-0.15, -0.1) is 21.5 Å². The van der Waals surface area contributed by atoms with Crippen molar-refractivity contribution >= 4 is 67.9 Å². The van der Waals surface area contributed by atoms with Crippen LogP contribution in [0.1, 0.15) is 5.56 Å². The molecule has 0 fully saturated rings. The number of aryl methyl sites for hydroxylation is 1. The molecule has 2 aromatic heterocycles. The Hall–Kier alpha value is -2.46. The summed E-state index contributed by atoms with van der Waals surface area (Å²) in [6.45, 7) is 2.04. The second-order valence-electron chi connectivity index (χ2n) is 6.22. The Morgan fingerprint density at radius 1 is 1.10 bits per heavy atom. The van der Waals surface area contributed by atoms with Crippen molar-refractivity contribution in [2.24, 2.45) is 0 Å².